The van der Waals surface area contributed by atoms with E-state index in [9.17, 15) is 22.0 Å². The molecule has 0 bridgehead atoms. The van der Waals surface area contributed by atoms with E-state index in [1.165, 1.54) is 25.3 Å². The third-order valence-corrected chi connectivity index (χ3v) is 6.43. The van der Waals surface area contributed by atoms with Gasteiger partial charge in [-0.1, -0.05) is 35.3 Å². The number of anilines is 1. The summed E-state index contributed by atoms with van der Waals surface area (Å²) in [5, 5.41) is 11.3. The lowest BCUT2D eigenvalue weighted by molar-refractivity contribution is 0.102. The monoisotopic (exact) mass is 543 g/mol. The maximum absolute atomic E-state index is 12.9. The number of amides is 1. The first-order chi connectivity index (χ1) is 16.5. The van der Waals surface area contributed by atoms with Crippen LogP contribution in [0.25, 0.3) is 11.1 Å². The molecule has 186 valence electrons. The van der Waals surface area contributed by atoms with Crippen molar-refractivity contribution < 1.29 is 26.7 Å². The Balaban J connectivity index is 1.93. The van der Waals surface area contributed by atoms with Gasteiger partial charge in [0.1, 0.15) is 10.6 Å². The number of halogens is 4. The standard InChI is InChI=1S/C23H21Cl2F2N3O4S/c1-34-20-10-16(4-7-21(20)35(28,32)33)30-23(31)13-2-5-17(14(8-13)11-29-12-22(26)27)18-6-3-15(24)9-19(18)25/h2-10,22,29H,11-12H2,1H3,(H,30,31)(H2,28,32,33). The van der Waals surface area contributed by atoms with Crippen molar-refractivity contribution in [2.75, 3.05) is 19.0 Å². The maximum Gasteiger partial charge on any atom is 0.255 e. The van der Waals surface area contributed by atoms with Crippen LogP contribution < -0.4 is 20.5 Å². The molecule has 3 rings (SSSR count). The zero-order chi connectivity index (χ0) is 25.8. The predicted molar refractivity (Wildman–Crippen MR) is 132 cm³/mol. The maximum atomic E-state index is 12.9. The Morgan fingerprint density at radius 3 is 2.40 bits per heavy atom. The average Bonchev–Trinajstić information content (AvgIpc) is 2.78. The number of hydrogen-bond donors (Lipinski definition) is 3. The summed E-state index contributed by atoms with van der Waals surface area (Å²) in [7, 11) is -2.75. The molecule has 0 aliphatic heterocycles. The lowest BCUT2D eigenvalue weighted by atomic mass is 9.97. The summed E-state index contributed by atoms with van der Waals surface area (Å²) in [4.78, 5) is 12.7. The molecular formula is C23H21Cl2F2N3O4S. The third-order valence-electron chi connectivity index (χ3n) is 4.93. The van der Waals surface area contributed by atoms with Gasteiger partial charge in [0.2, 0.25) is 10.0 Å². The van der Waals surface area contributed by atoms with E-state index >= 15 is 0 Å². The molecule has 4 N–H and O–H groups in total. The Hall–Kier alpha value is -2.76. The smallest absolute Gasteiger partial charge is 0.255 e. The number of benzene rings is 3. The van der Waals surface area contributed by atoms with Crippen LogP contribution in [-0.2, 0) is 16.6 Å². The molecule has 35 heavy (non-hydrogen) atoms. The summed E-state index contributed by atoms with van der Waals surface area (Å²) < 4.78 is 53.7. The molecule has 3 aromatic carbocycles. The molecule has 7 nitrogen and oxygen atoms in total. The SMILES string of the molecule is COc1cc(NC(=O)c2ccc(-c3ccc(Cl)cc3Cl)c(CNCC(F)F)c2)ccc1S(N)(=O)=O. The zero-order valence-electron chi connectivity index (χ0n) is 18.3. The van der Waals surface area contributed by atoms with Crippen molar-refractivity contribution in [3.05, 3.63) is 75.8 Å². The molecule has 0 unspecified atom stereocenters. The second-order valence-corrected chi connectivity index (χ2v) is 9.76. The molecule has 0 heterocycles. The van der Waals surface area contributed by atoms with Gasteiger partial charge in [0.15, 0.2) is 0 Å². The van der Waals surface area contributed by atoms with Crippen LogP contribution in [0.1, 0.15) is 15.9 Å². The van der Waals surface area contributed by atoms with Gasteiger partial charge < -0.3 is 15.4 Å². The van der Waals surface area contributed by atoms with Crippen molar-refractivity contribution >= 4 is 44.8 Å². The molecule has 0 fully saturated rings. The van der Waals surface area contributed by atoms with Gasteiger partial charge in [-0.25, -0.2) is 22.3 Å². The van der Waals surface area contributed by atoms with Crippen LogP contribution in [0.2, 0.25) is 10.0 Å². The van der Waals surface area contributed by atoms with Crippen LogP contribution in [0.4, 0.5) is 14.5 Å². The minimum absolute atomic E-state index is 0.0325. The molecule has 0 radical (unpaired) electrons. The first-order valence-corrected chi connectivity index (χ1v) is 12.4. The van der Waals surface area contributed by atoms with Gasteiger partial charge in [0, 0.05) is 39.5 Å². The van der Waals surface area contributed by atoms with E-state index < -0.39 is 28.9 Å². The second-order valence-electron chi connectivity index (χ2n) is 7.38. The van der Waals surface area contributed by atoms with Crippen LogP contribution in [0.5, 0.6) is 5.75 Å². The van der Waals surface area contributed by atoms with Gasteiger partial charge in [-0.2, -0.15) is 0 Å². The molecule has 0 spiro atoms. The first kappa shape index (κ1) is 26.8. The fourth-order valence-electron chi connectivity index (χ4n) is 3.35. The number of alkyl halides is 2. The highest BCUT2D eigenvalue weighted by molar-refractivity contribution is 7.89. The number of rotatable bonds is 9. The Kier molecular flexibility index (Phi) is 8.68. The Morgan fingerprint density at radius 2 is 1.77 bits per heavy atom. The number of hydrogen-bond acceptors (Lipinski definition) is 5. The van der Waals surface area contributed by atoms with E-state index in [1.54, 1.807) is 36.4 Å². The van der Waals surface area contributed by atoms with Crippen molar-refractivity contribution in [3.63, 3.8) is 0 Å². The highest BCUT2D eigenvalue weighted by Gasteiger charge is 2.18. The molecule has 0 saturated carbocycles. The van der Waals surface area contributed by atoms with Gasteiger partial charge >= 0.3 is 0 Å². The lowest BCUT2D eigenvalue weighted by Crippen LogP contribution is -2.21. The third kappa shape index (κ3) is 6.89. The lowest BCUT2D eigenvalue weighted by Gasteiger charge is -2.15. The largest absolute Gasteiger partial charge is 0.495 e. The molecular weight excluding hydrogens is 523 g/mol. The number of methoxy groups -OCH3 is 1. The van der Waals surface area contributed by atoms with E-state index in [0.717, 1.165) is 0 Å². The van der Waals surface area contributed by atoms with Gasteiger partial charge in [-0.15, -0.1) is 0 Å². The number of nitrogens with one attached hydrogen (secondary N) is 2. The predicted octanol–water partition coefficient (Wildman–Crippen LogP) is 4.92. The van der Waals surface area contributed by atoms with E-state index in [2.05, 4.69) is 10.6 Å². The highest BCUT2D eigenvalue weighted by atomic mass is 35.5. The number of carbonyl (C=O) groups excluding carboxylic acids is 1. The number of ether oxygens (including phenoxy) is 1. The normalized spacial score (nSPS) is 11.5. The van der Waals surface area contributed by atoms with Crippen LogP contribution in [0.15, 0.2) is 59.5 Å². The summed E-state index contributed by atoms with van der Waals surface area (Å²) in [5.74, 6) is -0.547. The van der Waals surface area contributed by atoms with Crippen LogP contribution in [0, 0.1) is 0 Å². The molecule has 0 aliphatic rings. The molecule has 0 aromatic heterocycles. The van der Waals surface area contributed by atoms with Gasteiger partial charge in [-0.3, -0.25) is 4.79 Å². The summed E-state index contributed by atoms with van der Waals surface area (Å²) in [5.41, 5.74) is 2.33. The molecule has 0 saturated heterocycles. The van der Waals surface area contributed by atoms with E-state index in [1.807, 2.05) is 0 Å². The van der Waals surface area contributed by atoms with Crippen molar-refractivity contribution in [1.82, 2.24) is 5.32 Å². The number of primary sulfonamides is 1. The van der Waals surface area contributed by atoms with E-state index in [-0.39, 0.29) is 28.4 Å². The summed E-state index contributed by atoms with van der Waals surface area (Å²) in [6.45, 7) is -0.475. The number of carbonyl (C=O) groups is 1. The Labute approximate surface area is 211 Å². The minimum Gasteiger partial charge on any atom is -0.495 e. The van der Waals surface area contributed by atoms with Crippen LogP contribution >= 0.6 is 23.2 Å². The fourth-order valence-corrected chi connectivity index (χ4v) is 4.54. The molecule has 3 aromatic rings. The average molecular weight is 544 g/mol. The molecule has 1 amide bonds. The van der Waals surface area contributed by atoms with Crippen molar-refractivity contribution in [2.45, 2.75) is 17.9 Å². The minimum atomic E-state index is -4.02. The summed E-state index contributed by atoms with van der Waals surface area (Å²) >= 11 is 12.3. The Bertz CT molecular complexity index is 1350. The number of nitrogens with two attached hydrogens (primary N) is 1. The second kappa shape index (κ2) is 11.3. The highest BCUT2D eigenvalue weighted by Crippen LogP contribution is 2.33. The van der Waals surface area contributed by atoms with Gasteiger partial charge in [-0.05, 0) is 47.5 Å². The Morgan fingerprint density at radius 1 is 1.06 bits per heavy atom. The van der Waals surface area contributed by atoms with Crippen LogP contribution in [-0.4, -0.2) is 34.4 Å². The number of sulfonamides is 1. The van der Waals surface area contributed by atoms with Gasteiger partial charge in [0.05, 0.1) is 13.7 Å². The molecule has 12 heteroatoms. The van der Waals surface area contributed by atoms with Gasteiger partial charge in [0.25, 0.3) is 12.3 Å². The topological polar surface area (TPSA) is 111 Å². The van der Waals surface area contributed by atoms with E-state index in [0.29, 0.717) is 26.7 Å². The first-order valence-electron chi connectivity index (χ1n) is 10.1. The molecule has 0 aliphatic carbocycles. The van der Waals surface area contributed by atoms with E-state index in [4.69, 9.17) is 33.1 Å². The van der Waals surface area contributed by atoms with Crippen LogP contribution in [0.3, 0.4) is 0 Å². The quantitative estimate of drug-likeness (QED) is 0.354. The fraction of sp³-hybridized carbons (Fsp3) is 0.174. The van der Waals surface area contributed by atoms with Crippen molar-refractivity contribution in [2.24, 2.45) is 5.14 Å². The molecule has 0 atom stereocenters. The summed E-state index contributed by atoms with van der Waals surface area (Å²) in [6.07, 6.45) is -2.54. The zero-order valence-corrected chi connectivity index (χ0v) is 20.6. The summed E-state index contributed by atoms with van der Waals surface area (Å²) in [6, 6.07) is 13.6. The van der Waals surface area contributed by atoms with Crippen molar-refractivity contribution in [3.8, 4) is 16.9 Å². The van der Waals surface area contributed by atoms with Crippen molar-refractivity contribution in [1.29, 1.82) is 0 Å².